The van der Waals surface area contributed by atoms with Crippen molar-refractivity contribution in [3.8, 4) is 0 Å². The molecule has 0 spiro atoms. The van der Waals surface area contributed by atoms with Crippen LogP contribution in [0.3, 0.4) is 0 Å². The normalized spacial score (nSPS) is 11.3. The topological polar surface area (TPSA) is 12.0 Å². The van der Waals surface area contributed by atoms with Crippen molar-refractivity contribution in [2.24, 2.45) is 0 Å². The molecule has 0 aliphatic carbocycles. The van der Waals surface area contributed by atoms with Gasteiger partial charge < -0.3 is 5.32 Å². The second-order valence-electron chi connectivity index (χ2n) is 4.21. The van der Waals surface area contributed by atoms with Gasteiger partial charge in [0.2, 0.25) is 0 Å². The zero-order valence-electron chi connectivity index (χ0n) is 10.7. The lowest BCUT2D eigenvalue weighted by Crippen LogP contribution is -2.14. The highest BCUT2D eigenvalue weighted by Gasteiger charge is 1.86. The van der Waals surface area contributed by atoms with Crippen LogP contribution in [0.25, 0.3) is 0 Å². The van der Waals surface area contributed by atoms with Gasteiger partial charge in [-0.15, -0.1) is 0 Å². The predicted octanol–water partition coefficient (Wildman–Crippen LogP) is 4.29. The van der Waals surface area contributed by atoms with E-state index in [9.17, 15) is 0 Å². The number of nitrogens with one attached hydrogen (secondary N) is 1. The Morgan fingerprint density at radius 2 is 1.47 bits per heavy atom. The fourth-order valence-electron chi connectivity index (χ4n) is 1.59. The van der Waals surface area contributed by atoms with Crippen molar-refractivity contribution in [3.05, 3.63) is 12.2 Å². The first-order valence-electron chi connectivity index (χ1n) is 6.77. The number of hydrogen-bond acceptors (Lipinski definition) is 1. The van der Waals surface area contributed by atoms with Crippen molar-refractivity contribution in [1.29, 1.82) is 0 Å². The van der Waals surface area contributed by atoms with Gasteiger partial charge in [-0.05, 0) is 38.8 Å². The van der Waals surface area contributed by atoms with Crippen molar-refractivity contribution < 1.29 is 0 Å². The van der Waals surface area contributed by atoms with Crippen LogP contribution in [-0.4, -0.2) is 13.1 Å². The van der Waals surface area contributed by atoms with Crippen LogP contribution in [0.5, 0.6) is 0 Å². The van der Waals surface area contributed by atoms with E-state index in [0.29, 0.717) is 0 Å². The lowest BCUT2D eigenvalue weighted by Gasteiger charge is -1.98. The standard InChI is InChI=1S/C14H29N/c1-3-5-6-7-8-9-10-11-12-14-15-13-4-2/h10-11,15H,3-9,12-14H2,1-2H3. The maximum Gasteiger partial charge on any atom is -0.00143 e. The smallest absolute Gasteiger partial charge is 0.00143 e. The molecule has 0 heterocycles. The van der Waals surface area contributed by atoms with Crippen LogP contribution >= 0.6 is 0 Å². The second kappa shape index (κ2) is 13.7. The molecule has 0 saturated carbocycles. The van der Waals surface area contributed by atoms with Crippen molar-refractivity contribution >= 4 is 0 Å². The summed E-state index contributed by atoms with van der Waals surface area (Å²) < 4.78 is 0. The van der Waals surface area contributed by atoms with Crippen LogP contribution in [0.4, 0.5) is 0 Å². The molecule has 0 amide bonds. The largest absolute Gasteiger partial charge is 0.316 e. The first-order valence-corrected chi connectivity index (χ1v) is 6.77. The molecule has 0 saturated heterocycles. The highest BCUT2D eigenvalue weighted by Crippen LogP contribution is 2.05. The molecule has 1 nitrogen and oxygen atoms in total. The summed E-state index contributed by atoms with van der Waals surface area (Å²) >= 11 is 0. The van der Waals surface area contributed by atoms with E-state index in [4.69, 9.17) is 0 Å². The number of allylic oxidation sites excluding steroid dienone is 1. The maximum absolute atomic E-state index is 3.40. The van der Waals surface area contributed by atoms with Gasteiger partial charge in [0.1, 0.15) is 0 Å². The third kappa shape index (κ3) is 13.7. The molecular weight excluding hydrogens is 182 g/mol. The molecule has 0 unspecified atom stereocenters. The lowest BCUT2D eigenvalue weighted by atomic mass is 10.1. The monoisotopic (exact) mass is 211 g/mol. The fourth-order valence-corrected chi connectivity index (χ4v) is 1.59. The summed E-state index contributed by atoms with van der Waals surface area (Å²) in [7, 11) is 0. The van der Waals surface area contributed by atoms with Gasteiger partial charge >= 0.3 is 0 Å². The second-order valence-corrected chi connectivity index (χ2v) is 4.21. The van der Waals surface area contributed by atoms with Gasteiger partial charge in [0.05, 0.1) is 0 Å². The van der Waals surface area contributed by atoms with Crippen LogP contribution < -0.4 is 5.32 Å². The molecule has 15 heavy (non-hydrogen) atoms. The van der Waals surface area contributed by atoms with Crippen molar-refractivity contribution in [2.75, 3.05) is 13.1 Å². The summed E-state index contributed by atoms with van der Waals surface area (Å²) in [5.41, 5.74) is 0. The lowest BCUT2D eigenvalue weighted by molar-refractivity contribution is 0.636. The summed E-state index contributed by atoms with van der Waals surface area (Å²) in [5.74, 6) is 0. The van der Waals surface area contributed by atoms with Crippen LogP contribution in [0.2, 0.25) is 0 Å². The fraction of sp³-hybridized carbons (Fsp3) is 0.857. The van der Waals surface area contributed by atoms with E-state index in [1.807, 2.05) is 0 Å². The van der Waals surface area contributed by atoms with Gasteiger partial charge in [0.15, 0.2) is 0 Å². The molecule has 1 heteroatoms. The van der Waals surface area contributed by atoms with Crippen LogP contribution in [0, 0.1) is 0 Å². The highest BCUT2D eigenvalue weighted by molar-refractivity contribution is 4.81. The Hall–Kier alpha value is -0.300. The summed E-state index contributed by atoms with van der Waals surface area (Å²) in [5, 5.41) is 3.40. The van der Waals surface area contributed by atoms with Gasteiger partial charge in [-0.1, -0.05) is 51.7 Å². The molecule has 0 bridgehead atoms. The minimum absolute atomic E-state index is 1.14. The third-order valence-corrected chi connectivity index (χ3v) is 2.56. The zero-order valence-corrected chi connectivity index (χ0v) is 10.7. The van der Waals surface area contributed by atoms with Crippen LogP contribution in [-0.2, 0) is 0 Å². The van der Waals surface area contributed by atoms with E-state index in [1.54, 1.807) is 0 Å². The van der Waals surface area contributed by atoms with Crippen molar-refractivity contribution in [2.45, 2.75) is 65.2 Å². The molecule has 0 aliphatic heterocycles. The molecule has 0 aromatic heterocycles. The number of hydrogen-bond donors (Lipinski definition) is 1. The van der Waals surface area contributed by atoms with E-state index in [0.717, 1.165) is 13.1 Å². The Kier molecular flexibility index (Phi) is 13.4. The molecule has 0 aliphatic rings. The van der Waals surface area contributed by atoms with E-state index >= 15 is 0 Å². The quantitative estimate of drug-likeness (QED) is 0.397. The zero-order chi connectivity index (χ0) is 11.2. The average Bonchev–Trinajstić information content (AvgIpc) is 2.26. The van der Waals surface area contributed by atoms with Gasteiger partial charge in [-0.2, -0.15) is 0 Å². The van der Waals surface area contributed by atoms with Gasteiger partial charge in [0, 0.05) is 0 Å². The first kappa shape index (κ1) is 14.7. The summed E-state index contributed by atoms with van der Waals surface area (Å²) in [6.07, 6.45) is 15.3. The van der Waals surface area contributed by atoms with Crippen LogP contribution in [0.15, 0.2) is 12.2 Å². The minimum atomic E-state index is 1.14. The highest BCUT2D eigenvalue weighted by atomic mass is 14.8. The maximum atomic E-state index is 3.40. The third-order valence-electron chi connectivity index (χ3n) is 2.56. The number of rotatable bonds is 11. The molecule has 0 aromatic carbocycles. The SMILES string of the molecule is CCCCCCCC=CCCNCCC. The van der Waals surface area contributed by atoms with Gasteiger partial charge in [-0.25, -0.2) is 0 Å². The molecule has 1 N–H and O–H groups in total. The van der Waals surface area contributed by atoms with Crippen molar-refractivity contribution in [1.82, 2.24) is 5.32 Å². The summed E-state index contributed by atoms with van der Waals surface area (Å²) in [6.45, 7) is 6.77. The van der Waals surface area contributed by atoms with Gasteiger partial charge in [0.25, 0.3) is 0 Å². The Balaban J connectivity index is 2.97. The summed E-state index contributed by atoms with van der Waals surface area (Å²) in [6, 6.07) is 0. The average molecular weight is 211 g/mol. The predicted molar refractivity (Wildman–Crippen MR) is 70.3 cm³/mol. The molecule has 0 fully saturated rings. The molecule has 0 radical (unpaired) electrons. The number of unbranched alkanes of at least 4 members (excludes halogenated alkanes) is 5. The molecule has 90 valence electrons. The van der Waals surface area contributed by atoms with E-state index < -0.39 is 0 Å². The van der Waals surface area contributed by atoms with E-state index in [2.05, 4.69) is 31.3 Å². The Labute approximate surface area is 96.3 Å². The Morgan fingerprint density at radius 3 is 2.20 bits per heavy atom. The first-order chi connectivity index (χ1) is 7.41. The Morgan fingerprint density at radius 1 is 0.733 bits per heavy atom. The molecule has 0 atom stereocenters. The molecular formula is C14H29N. The summed E-state index contributed by atoms with van der Waals surface area (Å²) in [4.78, 5) is 0. The Bertz CT molecular complexity index is 129. The van der Waals surface area contributed by atoms with Gasteiger partial charge in [-0.3, -0.25) is 0 Å². The van der Waals surface area contributed by atoms with E-state index in [1.165, 1.54) is 51.4 Å². The molecule has 0 rings (SSSR count). The molecule has 0 aromatic rings. The van der Waals surface area contributed by atoms with Crippen LogP contribution in [0.1, 0.15) is 65.2 Å². The van der Waals surface area contributed by atoms with Crippen molar-refractivity contribution in [3.63, 3.8) is 0 Å². The van der Waals surface area contributed by atoms with E-state index in [-0.39, 0.29) is 0 Å². The minimum Gasteiger partial charge on any atom is -0.316 e.